The minimum Gasteiger partial charge on any atom is -0.494 e. The van der Waals surface area contributed by atoms with Gasteiger partial charge in [0.1, 0.15) is 19.5 Å². The summed E-state index contributed by atoms with van der Waals surface area (Å²) in [7, 11) is 0. The van der Waals surface area contributed by atoms with Crippen molar-refractivity contribution in [3.8, 4) is 0 Å². The fourth-order valence-electron chi connectivity index (χ4n) is 1.66. The first-order valence-electron chi connectivity index (χ1n) is 5.68. The molecule has 0 fully saturated rings. The molecule has 0 spiro atoms. The second kappa shape index (κ2) is 5.78. The van der Waals surface area contributed by atoms with E-state index in [0.29, 0.717) is 18.2 Å². The number of hydrogen-bond acceptors (Lipinski definition) is 3. The number of carbonyl (C=O) groups is 1. The maximum absolute atomic E-state index is 11.9. The number of halogens is 1. The van der Waals surface area contributed by atoms with Gasteiger partial charge in [-0.25, -0.2) is 0 Å². The summed E-state index contributed by atoms with van der Waals surface area (Å²) in [6.45, 7) is 2.72. The molecule has 1 aromatic rings. The van der Waals surface area contributed by atoms with Gasteiger partial charge < -0.3 is 14.8 Å². The lowest BCUT2D eigenvalue weighted by Gasteiger charge is -2.19. The monoisotopic (exact) mass is 267 g/mol. The van der Waals surface area contributed by atoms with E-state index in [1.54, 1.807) is 6.07 Å². The van der Waals surface area contributed by atoms with Gasteiger partial charge in [0.15, 0.2) is 0 Å². The van der Waals surface area contributed by atoms with E-state index in [1.807, 2.05) is 25.1 Å². The molecule has 0 aliphatic carbocycles. The standard InChI is InChI=1S/C13H14ClNO3/c1-9(10-4-2-3-5-11(10)14)15-13(16)12-8-17-6-7-18-12/h2-5,8-9H,6-7H2,1H3,(H,15,16)/t9-/m1/s1. The van der Waals surface area contributed by atoms with Gasteiger partial charge in [-0.15, -0.1) is 0 Å². The molecule has 0 unspecified atom stereocenters. The first-order chi connectivity index (χ1) is 8.68. The molecule has 1 aromatic carbocycles. The van der Waals surface area contributed by atoms with Crippen LogP contribution >= 0.6 is 11.6 Å². The molecule has 18 heavy (non-hydrogen) atoms. The SMILES string of the molecule is C[C@@H](NC(=O)C1=COCCO1)c1ccccc1Cl. The van der Waals surface area contributed by atoms with Crippen molar-refractivity contribution in [3.63, 3.8) is 0 Å². The third kappa shape index (κ3) is 2.96. The summed E-state index contributed by atoms with van der Waals surface area (Å²) in [5, 5.41) is 3.44. The predicted octanol–water partition coefficient (Wildman–Crippen LogP) is 2.41. The van der Waals surface area contributed by atoms with Crippen molar-refractivity contribution in [3.05, 3.63) is 46.9 Å². The summed E-state index contributed by atoms with van der Waals surface area (Å²) in [4.78, 5) is 11.9. The summed E-state index contributed by atoms with van der Waals surface area (Å²) in [6, 6.07) is 7.20. The van der Waals surface area contributed by atoms with Crippen LogP contribution in [0.1, 0.15) is 18.5 Å². The van der Waals surface area contributed by atoms with E-state index in [0.717, 1.165) is 5.56 Å². The third-order valence-corrected chi connectivity index (χ3v) is 2.94. The van der Waals surface area contributed by atoms with Gasteiger partial charge in [0.05, 0.1) is 6.04 Å². The molecular weight excluding hydrogens is 254 g/mol. The third-order valence-electron chi connectivity index (χ3n) is 2.59. The Bertz CT molecular complexity index is 473. The second-order valence-corrected chi connectivity index (χ2v) is 4.33. The molecule has 5 heteroatoms. The van der Waals surface area contributed by atoms with Crippen molar-refractivity contribution in [1.29, 1.82) is 0 Å². The topological polar surface area (TPSA) is 47.6 Å². The lowest BCUT2D eigenvalue weighted by Crippen LogP contribution is -2.30. The van der Waals surface area contributed by atoms with E-state index < -0.39 is 0 Å². The van der Waals surface area contributed by atoms with E-state index in [1.165, 1.54) is 6.26 Å². The van der Waals surface area contributed by atoms with Crippen molar-refractivity contribution in [2.24, 2.45) is 0 Å². The maximum atomic E-state index is 11.9. The fraction of sp³-hybridized carbons (Fsp3) is 0.308. The number of carbonyl (C=O) groups excluding carboxylic acids is 1. The molecule has 4 nitrogen and oxygen atoms in total. The molecule has 1 aliphatic rings. The molecular formula is C13H14ClNO3. The number of amides is 1. The highest BCUT2D eigenvalue weighted by Crippen LogP contribution is 2.22. The zero-order chi connectivity index (χ0) is 13.0. The van der Waals surface area contributed by atoms with Crippen molar-refractivity contribution in [1.82, 2.24) is 5.32 Å². The summed E-state index contributed by atoms with van der Waals surface area (Å²) in [5.74, 6) is -0.109. The highest BCUT2D eigenvalue weighted by atomic mass is 35.5. The minimum absolute atomic E-state index is 0.195. The Kier molecular flexibility index (Phi) is 4.10. The normalized spacial score (nSPS) is 16.0. The van der Waals surface area contributed by atoms with E-state index in [2.05, 4.69) is 5.32 Å². The van der Waals surface area contributed by atoms with Crippen LogP contribution in [-0.4, -0.2) is 19.1 Å². The van der Waals surface area contributed by atoms with Crippen LogP contribution in [0.25, 0.3) is 0 Å². The predicted molar refractivity (Wildman–Crippen MR) is 68.0 cm³/mol. The Balaban J connectivity index is 2.03. The minimum atomic E-state index is -0.304. The molecule has 0 radical (unpaired) electrons. The molecule has 2 rings (SSSR count). The Morgan fingerprint density at radius 3 is 2.83 bits per heavy atom. The van der Waals surface area contributed by atoms with Crippen molar-refractivity contribution >= 4 is 17.5 Å². The smallest absolute Gasteiger partial charge is 0.290 e. The molecule has 1 N–H and O–H groups in total. The van der Waals surface area contributed by atoms with Crippen LogP contribution in [0.5, 0.6) is 0 Å². The van der Waals surface area contributed by atoms with Crippen LogP contribution in [0.3, 0.4) is 0 Å². The Morgan fingerprint density at radius 2 is 2.17 bits per heavy atom. The molecule has 0 saturated heterocycles. The van der Waals surface area contributed by atoms with Gasteiger partial charge in [0.25, 0.3) is 5.91 Å². The van der Waals surface area contributed by atoms with E-state index >= 15 is 0 Å². The number of nitrogens with one attached hydrogen (secondary N) is 1. The van der Waals surface area contributed by atoms with Crippen LogP contribution in [-0.2, 0) is 14.3 Å². The van der Waals surface area contributed by atoms with Gasteiger partial charge in [-0.1, -0.05) is 29.8 Å². The van der Waals surface area contributed by atoms with Crippen LogP contribution in [0.2, 0.25) is 5.02 Å². The number of benzene rings is 1. The maximum Gasteiger partial charge on any atom is 0.290 e. The van der Waals surface area contributed by atoms with Crippen LogP contribution < -0.4 is 5.32 Å². The van der Waals surface area contributed by atoms with E-state index in [4.69, 9.17) is 21.1 Å². The second-order valence-electron chi connectivity index (χ2n) is 3.92. The number of rotatable bonds is 3. The molecule has 1 atom stereocenters. The zero-order valence-electron chi connectivity index (χ0n) is 9.98. The van der Waals surface area contributed by atoms with Gasteiger partial charge >= 0.3 is 0 Å². The lowest BCUT2D eigenvalue weighted by molar-refractivity contribution is -0.122. The van der Waals surface area contributed by atoms with E-state index in [9.17, 15) is 4.79 Å². The first kappa shape index (κ1) is 12.8. The zero-order valence-corrected chi connectivity index (χ0v) is 10.7. The van der Waals surface area contributed by atoms with Crippen LogP contribution in [0.15, 0.2) is 36.3 Å². The van der Waals surface area contributed by atoms with Crippen molar-refractivity contribution in [2.45, 2.75) is 13.0 Å². The Hall–Kier alpha value is -1.68. The van der Waals surface area contributed by atoms with Crippen LogP contribution in [0.4, 0.5) is 0 Å². The van der Waals surface area contributed by atoms with Gasteiger partial charge in [0.2, 0.25) is 5.76 Å². The van der Waals surface area contributed by atoms with Crippen molar-refractivity contribution < 1.29 is 14.3 Å². The highest BCUT2D eigenvalue weighted by Gasteiger charge is 2.18. The molecule has 0 bridgehead atoms. The molecule has 96 valence electrons. The fourth-order valence-corrected chi connectivity index (χ4v) is 1.96. The van der Waals surface area contributed by atoms with Crippen molar-refractivity contribution in [2.75, 3.05) is 13.2 Å². The first-order valence-corrected chi connectivity index (χ1v) is 6.06. The van der Waals surface area contributed by atoms with Crippen LogP contribution in [0, 0.1) is 0 Å². The molecule has 0 aromatic heterocycles. The molecule has 1 heterocycles. The lowest BCUT2D eigenvalue weighted by atomic mass is 10.1. The summed E-state index contributed by atoms with van der Waals surface area (Å²) in [6.07, 6.45) is 1.33. The Labute approximate surface area is 111 Å². The average molecular weight is 268 g/mol. The molecule has 0 saturated carbocycles. The van der Waals surface area contributed by atoms with Gasteiger partial charge in [-0.3, -0.25) is 4.79 Å². The molecule has 1 amide bonds. The van der Waals surface area contributed by atoms with Gasteiger partial charge in [0, 0.05) is 5.02 Å². The summed E-state index contributed by atoms with van der Waals surface area (Å²) < 4.78 is 10.2. The summed E-state index contributed by atoms with van der Waals surface area (Å²) >= 11 is 6.07. The molecule has 1 aliphatic heterocycles. The number of ether oxygens (including phenoxy) is 2. The van der Waals surface area contributed by atoms with Gasteiger partial charge in [-0.05, 0) is 18.6 Å². The number of hydrogen-bond donors (Lipinski definition) is 1. The van der Waals surface area contributed by atoms with E-state index in [-0.39, 0.29) is 17.7 Å². The largest absolute Gasteiger partial charge is 0.494 e. The Morgan fingerprint density at radius 1 is 1.39 bits per heavy atom. The van der Waals surface area contributed by atoms with Gasteiger partial charge in [-0.2, -0.15) is 0 Å². The summed E-state index contributed by atoms with van der Waals surface area (Å²) in [5.41, 5.74) is 0.866. The highest BCUT2D eigenvalue weighted by molar-refractivity contribution is 6.31. The quantitative estimate of drug-likeness (QED) is 0.915. The average Bonchev–Trinajstić information content (AvgIpc) is 2.40.